The van der Waals surface area contributed by atoms with Crippen molar-refractivity contribution < 1.29 is 14.0 Å². The van der Waals surface area contributed by atoms with E-state index >= 15 is 0 Å². The van der Waals surface area contributed by atoms with Gasteiger partial charge < -0.3 is 10.6 Å². The van der Waals surface area contributed by atoms with Crippen LogP contribution in [0.5, 0.6) is 0 Å². The van der Waals surface area contributed by atoms with Gasteiger partial charge in [-0.05, 0) is 36.2 Å². The van der Waals surface area contributed by atoms with Gasteiger partial charge in [0.25, 0.3) is 0 Å². The fourth-order valence-corrected chi connectivity index (χ4v) is 3.12. The summed E-state index contributed by atoms with van der Waals surface area (Å²) in [5.41, 5.74) is 1.85. The van der Waals surface area contributed by atoms with E-state index in [0.29, 0.717) is 29.1 Å². The van der Waals surface area contributed by atoms with Crippen molar-refractivity contribution in [3.05, 3.63) is 53.8 Å². The molecule has 0 aromatic heterocycles. The zero-order valence-electron chi connectivity index (χ0n) is 12.3. The lowest BCUT2D eigenvalue weighted by atomic mass is 10.1. The first-order chi connectivity index (χ1) is 11.1. The van der Waals surface area contributed by atoms with Gasteiger partial charge in [-0.1, -0.05) is 18.2 Å². The van der Waals surface area contributed by atoms with Gasteiger partial charge in [0, 0.05) is 17.0 Å². The molecule has 1 aliphatic heterocycles. The molecule has 2 aromatic carbocycles. The lowest BCUT2D eigenvalue weighted by Crippen LogP contribution is -2.19. The topological polar surface area (TPSA) is 58.2 Å². The number of aryl methyl sites for hydroxylation is 1. The molecule has 6 heteroatoms. The van der Waals surface area contributed by atoms with E-state index in [2.05, 4.69) is 10.6 Å². The van der Waals surface area contributed by atoms with Crippen molar-refractivity contribution in [2.24, 2.45) is 0 Å². The van der Waals surface area contributed by atoms with Crippen LogP contribution >= 0.6 is 11.8 Å². The second-order valence-corrected chi connectivity index (χ2v) is 6.20. The van der Waals surface area contributed by atoms with Crippen molar-refractivity contribution >= 4 is 35.0 Å². The van der Waals surface area contributed by atoms with E-state index in [0.717, 1.165) is 4.90 Å². The van der Waals surface area contributed by atoms with Gasteiger partial charge in [0.15, 0.2) is 0 Å². The molecule has 0 saturated carbocycles. The fourth-order valence-electron chi connectivity index (χ4n) is 2.33. The summed E-state index contributed by atoms with van der Waals surface area (Å²) in [6.45, 7) is 0. The van der Waals surface area contributed by atoms with Gasteiger partial charge in [0.2, 0.25) is 11.8 Å². The molecule has 4 nitrogen and oxygen atoms in total. The molecule has 0 atom stereocenters. The Morgan fingerprint density at radius 2 is 2.09 bits per heavy atom. The van der Waals surface area contributed by atoms with Crippen LogP contribution in [0.1, 0.15) is 12.0 Å². The third kappa shape index (κ3) is 3.90. The Morgan fingerprint density at radius 1 is 1.26 bits per heavy atom. The molecule has 0 unspecified atom stereocenters. The molecule has 118 valence electrons. The molecular weight excluding hydrogens is 315 g/mol. The number of fused-ring (bicyclic) bond motifs is 1. The number of amides is 2. The highest BCUT2D eigenvalue weighted by Gasteiger charge is 2.16. The zero-order chi connectivity index (χ0) is 16.2. The van der Waals surface area contributed by atoms with Gasteiger partial charge >= 0.3 is 0 Å². The molecule has 0 spiro atoms. The molecule has 1 aliphatic rings. The summed E-state index contributed by atoms with van der Waals surface area (Å²) in [5, 5.41) is 5.55. The molecule has 3 rings (SSSR count). The molecule has 0 aliphatic carbocycles. The average Bonchev–Trinajstić information content (AvgIpc) is 2.54. The third-order valence-corrected chi connectivity index (χ3v) is 4.55. The van der Waals surface area contributed by atoms with E-state index in [1.165, 1.54) is 17.8 Å². The molecular formula is C17H15FN2O2S. The summed E-state index contributed by atoms with van der Waals surface area (Å²) < 4.78 is 13.5. The van der Waals surface area contributed by atoms with Crippen LogP contribution in [-0.2, 0) is 16.0 Å². The molecule has 2 amide bonds. The number of carbonyl (C=O) groups is 2. The quantitative estimate of drug-likeness (QED) is 0.903. The van der Waals surface area contributed by atoms with Gasteiger partial charge in [-0.3, -0.25) is 9.59 Å². The number of hydrogen-bond acceptors (Lipinski definition) is 3. The van der Waals surface area contributed by atoms with Crippen LogP contribution in [0, 0.1) is 5.82 Å². The Bertz CT molecular complexity index is 764. The van der Waals surface area contributed by atoms with Crippen LogP contribution in [-0.4, -0.2) is 17.6 Å². The highest BCUT2D eigenvalue weighted by atomic mass is 32.2. The number of carbonyl (C=O) groups excluding carboxylic acids is 2. The predicted molar refractivity (Wildman–Crippen MR) is 89.1 cm³/mol. The van der Waals surface area contributed by atoms with Crippen molar-refractivity contribution in [3.63, 3.8) is 0 Å². The van der Waals surface area contributed by atoms with Crippen LogP contribution in [0.15, 0.2) is 47.4 Å². The standard InChI is InChI=1S/C17H15FN2O2S/c18-13-4-2-1-3-11(13)5-8-16(21)19-12-6-7-15-14(9-12)20-17(22)10-23-15/h1-4,6-7,9H,5,8,10H2,(H,19,21)(H,20,22). The van der Waals surface area contributed by atoms with E-state index in [-0.39, 0.29) is 24.1 Å². The molecule has 0 saturated heterocycles. The maximum atomic E-state index is 13.5. The van der Waals surface area contributed by atoms with Crippen LogP contribution in [0.4, 0.5) is 15.8 Å². The summed E-state index contributed by atoms with van der Waals surface area (Å²) in [7, 11) is 0. The molecule has 0 bridgehead atoms. The average molecular weight is 330 g/mol. The number of anilines is 2. The number of halogens is 1. The van der Waals surface area contributed by atoms with E-state index in [1.807, 2.05) is 6.07 Å². The van der Waals surface area contributed by atoms with Crippen molar-refractivity contribution in [2.45, 2.75) is 17.7 Å². The number of rotatable bonds is 4. The fraction of sp³-hybridized carbons (Fsp3) is 0.176. The largest absolute Gasteiger partial charge is 0.326 e. The Morgan fingerprint density at radius 3 is 2.91 bits per heavy atom. The van der Waals surface area contributed by atoms with E-state index < -0.39 is 0 Å². The van der Waals surface area contributed by atoms with E-state index in [9.17, 15) is 14.0 Å². The van der Waals surface area contributed by atoms with Gasteiger partial charge in [-0.2, -0.15) is 0 Å². The van der Waals surface area contributed by atoms with E-state index in [4.69, 9.17) is 0 Å². The molecule has 0 fully saturated rings. The summed E-state index contributed by atoms with van der Waals surface area (Å²) in [4.78, 5) is 24.4. The Labute approximate surface area is 137 Å². The Kier molecular flexibility index (Phi) is 4.62. The third-order valence-electron chi connectivity index (χ3n) is 3.48. The number of hydrogen-bond donors (Lipinski definition) is 2. The lowest BCUT2D eigenvalue weighted by Gasteiger charge is -2.17. The monoisotopic (exact) mass is 330 g/mol. The minimum Gasteiger partial charge on any atom is -0.326 e. The normalized spacial score (nSPS) is 13.2. The van der Waals surface area contributed by atoms with Crippen LogP contribution < -0.4 is 10.6 Å². The first-order valence-corrected chi connectivity index (χ1v) is 8.20. The second-order valence-electron chi connectivity index (χ2n) is 5.19. The summed E-state index contributed by atoms with van der Waals surface area (Å²) >= 11 is 1.47. The minimum atomic E-state index is -0.297. The second kappa shape index (κ2) is 6.83. The van der Waals surface area contributed by atoms with Gasteiger partial charge in [-0.25, -0.2) is 4.39 Å². The summed E-state index contributed by atoms with van der Waals surface area (Å²) in [6, 6.07) is 11.8. The summed E-state index contributed by atoms with van der Waals surface area (Å²) in [5.74, 6) is -0.135. The molecule has 2 aromatic rings. The molecule has 23 heavy (non-hydrogen) atoms. The highest BCUT2D eigenvalue weighted by Crippen LogP contribution is 2.33. The zero-order valence-corrected chi connectivity index (χ0v) is 13.1. The van der Waals surface area contributed by atoms with Crippen LogP contribution in [0.25, 0.3) is 0 Å². The van der Waals surface area contributed by atoms with Crippen LogP contribution in [0.2, 0.25) is 0 Å². The van der Waals surface area contributed by atoms with Crippen molar-refractivity contribution in [3.8, 4) is 0 Å². The molecule has 0 radical (unpaired) electrons. The summed E-state index contributed by atoms with van der Waals surface area (Å²) in [6.07, 6.45) is 0.537. The molecule has 1 heterocycles. The SMILES string of the molecule is O=C(CCc1ccccc1F)Nc1ccc2c(c1)NC(=O)CS2. The van der Waals surface area contributed by atoms with Gasteiger partial charge in [0.05, 0.1) is 11.4 Å². The number of nitrogens with one attached hydrogen (secondary N) is 2. The lowest BCUT2D eigenvalue weighted by molar-refractivity contribution is -0.116. The van der Waals surface area contributed by atoms with Crippen molar-refractivity contribution in [1.82, 2.24) is 0 Å². The minimum absolute atomic E-state index is 0.0504. The van der Waals surface area contributed by atoms with E-state index in [1.54, 1.807) is 30.3 Å². The van der Waals surface area contributed by atoms with Crippen molar-refractivity contribution in [1.29, 1.82) is 0 Å². The van der Waals surface area contributed by atoms with Gasteiger partial charge in [0.1, 0.15) is 5.82 Å². The number of benzene rings is 2. The first-order valence-electron chi connectivity index (χ1n) is 7.22. The number of thioether (sulfide) groups is 1. The maximum Gasteiger partial charge on any atom is 0.234 e. The highest BCUT2D eigenvalue weighted by molar-refractivity contribution is 8.00. The Hall–Kier alpha value is -2.34. The smallest absolute Gasteiger partial charge is 0.234 e. The maximum absolute atomic E-state index is 13.5. The van der Waals surface area contributed by atoms with Crippen LogP contribution in [0.3, 0.4) is 0 Å². The first kappa shape index (κ1) is 15.6. The van der Waals surface area contributed by atoms with Crippen molar-refractivity contribution in [2.75, 3.05) is 16.4 Å². The Balaban J connectivity index is 1.61. The molecule has 2 N–H and O–H groups in total. The van der Waals surface area contributed by atoms with Gasteiger partial charge in [-0.15, -0.1) is 11.8 Å². The predicted octanol–water partition coefficient (Wildman–Crippen LogP) is 3.44.